The van der Waals surface area contributed by atoms with Crippen molar-refractivity contribution >= 4 is 15.9 Å². The van der Waals surface area contributed by atoms with Gasteiger partial charge in [0.2, 0.25) is 0 Å². The van der Waals surface area contributed by atoms with Gasteiger partial charge in [0.05, 0.1) is 18.8 Å². The molecule has 0 radical (unpaired) electrons. The maximum absolute atomic E-state index is 6.12. The van der Waals surface area contributed by atoms with Crippen molar-refractivity contribution in [1.82, 2.24) is 5.32 Å². The monoisotopic (exact) mass is 341 g/mol. The van der Waals surface area contributed by atoms with E-state index in [0.717, 1.165) is 30.6 Å². The van der Waals surface area contributed by atoms with Crippen LogP contribution in [0.25, 0.3) is 0 Å². The van der Waals surface area contributed by atoms with Gasteiger partial charge >= 0.3 is 0 Å². The van der Waals surface area contributed by atoms with Gasteiger partial charge in [-0.1, -0.05) is 35.0 Å². The van der Waals surface area contributed by atoms with Crippen molar-refractivity contribution in [2.24, 2.45) is 0 Å². The number of ether oxygens (including phenoxy) is 2. The molecule has 1 aromatic rings. The Kier molecular flexibility index (Phi) is 7.00. The van der Waals surface area contributed by atoms with Crippen molar-refractivity contribution < 1.29 is 9.47 Å². The average molecular weight is 342 g/mol. The molecule has 1 fully saturated rings. The van der Waals surface area contributed by atoms with E-state index in [9.17, 15) is 0 Å². The van der Waals surface area contributed by atoms with Gasteiger partial charge in [-0.3, -0.25) is 0 Å². The summed E-state index contributed by atoms with van der Waals surface area (Å²) < 4.78 is 12.9. The van der Waals surface area contributed by atoms with Gasteiger partial charge in [0, 0.05) is 17.6 Å². The molecule has 1 aliphatic heterocycles. The van der Waals surface area contributed by atoms with Crippen LogP contribution in [-0.4, -0.2) is 32.4 Å². The number of halogens is 1. The van der Waals surface area contributed by atoms with Gasteiger partial charge in [-0.05, 0) is 43.5 Å². The van der Waals surface area contributed by atoms with Crippen LogP contribution in [0, 0.1) is 0 Å². The minimum Gasteiger partial charge on any atom is -0.376 e. The van der Waals surface area contributed by atoms with Gasteiger partial charge in [0.25, 0.3) is 0 Å². The molecule has 0 aliphatic carbocycles. The first-order chi connectivity index (χ1) is 9.79. The molecule has 20 heavy (non-hydrogen) atoms. The topological polar surface area (TPSA) is 30.5 Å². The smallest absolute Gasteiger partial charge is 0.0950 e. The largest absolute Gasteiger partial charge is 0.376 e. The van der Waals surface area contributed by atoms with Gasteiger partial charge in [0.15, 0.2) is 0 Å². The molecule has 4 heteroatoms. The van der Waals surface area contributed by atoms with Crippen molar-refractivity contribution in [1.29, 1.82) is 0 Å². The molecule has 0 aromatic heterocycles. The molecule has 0 spiro atoms. The molecule has 1 aromatic carbocycles. The summed E-state index contributed by atoms with van der Waals surface area (Å²) in [5.41, 5.74) is 1.20. The molecule has 1 saturated heterocycles. The first-order valence-electron chi connectivity index (χ1n) is 7.49. The normalized spacial score (nSPS) is 20.8. The predicted molar refractivity (Wildman–Crippen MR) is 85.0 cm³/mol. The van der Waals surface area contributed by atoms with E-state index in [1.54, 1.807) is 0 Å². The fourth-order valence-corrected chi connectivity index (χ4v) is 2.83. The van der Waals surface area contributed by atoms with E-state index in [-0.39, 0.29) is 12.2 Å². The second kappa shape index (κ2) is 8.78. The molecule has 0 bridgehead atoms. The van der Waals surface area contributed by atoms with Crippen LogP contribution in [-0.2, 0) is 9.47 Å². The molecule has 0 amide bonds. The summed E-state index contributed by atoms with van der Waals surface area (Å²) in [6, 6.07) is 8.34. The molecule has 1 N–H and O–H groups in total. The molecule has 1 heterocycles. The molecular formula is C16H24BrNO2. The van der Waals surface area contributed by atoms with Gasteiger partial charge < -0.3 is 14.8 Å². The van der Waals surface area contributed by atoms with Gasteiger partial charge in [-0.15, -0.1) is 0 Å². The maximum atomic E-state index is 6.12. The van der Waals surface area contributed by atoms with E-state index < -0.39 is 0 Å². The van der Waals surface area contributed by atoms with Crippen molar-refractivity contribution in [2.45, 2.75) is 38.4 Å². The number of rotatable bonds is 7. The molecule has 1 aliphatic rings. The molecule has 112 valence electrons. The minimum atomic E-state index is 0.0815. The second-order valence-electron chi connectivity index (χ2n) is 5.17. The molecular weight excluding hydrogens is 318 g/mol. The van der Waals surface area contributed by atoms with E-state index in [4.69, 9.17) is 9.47 Å². The summed E-state index contributed by atoms with van der Waals surface area (Å²) in [7, 11) is 0. The van der Waals surface area contributed by atoms with E-state index in [1.165, 1.54) is 18.4 Å². The Bertz CT molecular complexity index is 394. The van der Waals surface area contributed by atoms with Crippen LogP contribution < -0.4 is 5.32 Å². The van der Waals surface area contributed by atoms with Crippen LogP contribution in [0.3, 0.4) is 0 Å². The van der Waals surface area contributed by atoms with Crippen molar-refractivity contribution in [2.75, 3.05) is 26.3 Å². The average Bonchev–Trinajstić information content (AvgIpc) is 2.48. The van der Waals surface area contributed by atoms with E-state index in [2.05, 4.69) is 46.4 Å². The molecule has 0 saturated carbocycles. The van der Waals surface area contributed by atoms with Crippen molar-refractivity contribution in [3.63, 3.8) is 0 Å². The lowest BCUT2D eigenvalue weighted by Crippen LogP contribution is -2.29. The highest BCUT2D eigenvalue weighted by Crippen LogP contribution is 2.22. The third-order valence-electron chi connectivity index (χ3n) is 3.56. The Balaban J connectivity index is 1.92. The first-order valence-corrected chi connectivity index (χ1v) is 8.28. The zero-order chi connectivity index (χ0) is 14.2. The van der Waals surface area contributed by atoms with Crippen LogP contribution in [0.1, 0.15) is 37.9 Å². The van der Waals surface area contributed by atoms with Crippen molar-refractivity contribution in [3.8, 4) is 0 Å². The summed E-state index contributed by atoms with van der Waals surface area (Å²) in [6.07, 6.45) is 3.90. The maximum Gasteiger partial charge on any atom is 0.0950 e. The zero-order valence-electron chi connectivity index (χ0n) is 12.1. The molecule has 2 atom stereocenters. The molecule has 2 unspecified atom stereocenters. The molecule has 3 nitrogen and oxygen atoms in total. The first kappa shape index (κ1) is 16.0. The second-order valence-corrected chi connectivity index (χ2v) is 6.09. The fourth-order valence-electron chi connectivity index (χ4n) is 2.42. The highest BCUT2D eigenvalue weighted by molar-refractivity contribution is 9.10. The van der Waals surface area contributed by atoms with E-state index >= 15 is 0 Å². The van der Waals surface area contributed by atoms with Gasteiger partial charge in [-0.2, -0.15) is 0 Å². The lowest BCUT2D eigenvalue weighted by atomic mass is 10.1. The van der Waals surface area contributed by atoms with E-state index in [1.807, 2.05) is 6.07 Å². The van der Waals surface area contributed by atoms with Crippen LogP contribution in [0.2, 0.25) is 0 Å². The van der Waals surface area contributed by atoms with Crippen LogP contribution in [0.4, 0.5) is 0 Å². The van der Waals surface area contributed by atoms with Crippen LogP contribution >= 0.6 is 15.9 Å². The predicted octanol–water partition coefficient (Wildman–Crippen LogP) is 3.69. The zero-order valence-corrected chi connectivity index (χ0v) is 13.7. The third-order valence-corrected chi connectivity index (χ3v) is 4.05. The SMILES string of the molecule is CCNCC(OCC1CCCCO1)c1cccc(Br)c1. The summed E-state index contributed by atoms with van der Waals surface area (Å²) >= 11 is 3.53. The minimum absolute atomic E-state index is 0.0815. The summed E-state index contributed by atoms with van der Waals surface area (Å²) in [5, 5.41) is 3.37. The highest BCUT2D eigenvalue weighted by atomic mass is 79.9. The van der Waals surface area contributed by atoms with E-state index in [0.29, 0.717) is 6.61 Å². The Morgan fingerprint density at radius 1 is 1.45 bits per heavy atom. The lowest BCUT2D eigenvalue weighted by molar-refractivity contribution is -0.0632. The van der Waals surface area contributed by atoms with Crippen LogP contribution in [0.5, 0.6) is 0 Å². The Morgan fingerprint density at radius 3 is 3.05 bits per heavy atom. The van der Waals surface area contributed by atoms with Gasteiger partial charge in [-0.25, -0.2) is 0 Å². The Hall–Kier alpha value is -0.420. The Morgan fingerprint density at radius 2 is 2.35 bits per heavy atom. The lowest BCUT2D eigenvalue weighted by Gasteiger charge is -2.26. The quantitative estimate of drug-likeness (QED) is 0.820. The third kappa shape index (κ3) is 5.17. The Labute approximate surface area is 130 Å². The number of hydrogen-bond acceptors (Lipinski definition) is 3. The molecule has 2 rings (SSSR count). The highest BCUT2D eigenvalue weighted by Gasteiger charge is 2.18. The number of likely N-dealkylation sites (N-methyl/N-ethyl adjacent to an activating group) is 1. The van der Waals surface area contributed by atoms with Crippen molar-refractivity contribution in [3.05, 3.63) is 34.3 Å². The van der Waals surface area contributed by atoms with Crippen LogP contribution in [0.15, 0.2) is 28.7 Å². The number of nitrogens with one attached hydrogen (secondary N) is 1. The number of hydrogen-bond donors (Lipinski definition) is 1. The summed E-state index contributed by atoms with van der Waals surface area (Å²) in [5.74, 6) is 0. The fraction of sp³-hybridized carbons (Fsp3) is 0.625. The summed E-state index contributed by atoms with van der Waals surface area (Å²) in [4.78, 5) is 0. The summed E-state index contributed by atoms with van der Waals surface area (Å²) in [6.45, 7) is 5.46. The standard InChI is InChI=1S/C16H24BrNO2/c1-2-18-11-16(13-6-5-7-14(17)10-13)20-12-15-8-3-4-9-19-15/h5-7,10,15-16,18H,2-4,8-9,11-12H2,1H3. The van der Waals surface area contributed by atoms with Gasteiger partial charge in [0.1, 0.15) is 0 Å². The number of benzene rings is 1.